The second-order valence-electron chi connectivity index (χ2n) is 10.0. The molecule has 2 unspecified atom stereocenters. The number of aromatic nitrogens is 5. The van der Waals surface area contributed by atoms with Crippen LogP contribution in [0.25, 0.3) is 16.7 Å². The van der Waals surface area contributed by atoms with Crippen molar-refractivity contribution in [1.82, 2.24) is 29.6 Å². The predicted octanol–water partition coefficient (Wildman–Crippen LogP) is 3.21. The normalized spacial score (nSPS) is 20.4. The van der Waals surface area contributed by atoms with E-state index in [1.807, 2.05) is 0 Å². The summed E-state index contributed by atoms with van der Waals surface area (Å²) in [5, 5.41) is 8.23. The van der Waals surface area contributed by atoms with Gasteiger partial charge in [0.25, 0.3) is 0 Å². The van der Waals surface area contributed by atoms with Gasteiger partial charge < -0.3 is 19.9 Å². The van der Waals surface area contributed by atoms with Gasteiger partial charge in [0.05, 0.1) is 10.9 Å². The molecular formula is C24H30F2N8O2. The predicted molar refractivity (Wildman–Crippen MR) is 131 cm³/mol. The molecule has 12 heteroatoms. The lowest BCUT2D eigenvalue weighted by Gasteiger charge is -2.22. The van der Waals surface area contributed by atoms with Crippen LogP contribution < -0.4 is 15.0 Å². The van der Waals surface area contributed by atoms with E-state index in [9.17, 15) is 13.6 Å². The molecule has 0 radical (unpaired) electrons. The van der Waals surface area contributed by atoms with Crippen LogP contribution in [0.1, 0.15) is 39.4 Å². The highest BCUT2D eigenvalue weighted by Crippen LogP contribution is 2.35. The molecule has 2 fully saturated rings. The van der Waals surface area contributed by atoms with Crippen LogP contribution in [0.2, 0.25) is 0 Å². The summed E-state index contributed by atoms with van der Waals surface area (Å²) in [5.41, 5.74) is 0.575. The number of nitrogens with one attached hydrogen (secondary N) is 1. The van der Waals surface area contributed by atoms with E-state index in [0.29, 0.717) is 29.1 Å². The molecule has 1 amide bonds. The van der Waals surface area contributed by atoms with Crippen molar-refractivity contribution in [2.24, 2.45) is 5.92 Å². The Kier molecular flexibility index (Phi) is 6.01. The molecule has 3 aromatic heterocycles. The number of anilines is 2. The number of carbonyl (C=O) groups is 1. The van der Waals surface area contributed by atoms with E-state index in [4.69, 9.17) is 9.84 Å². The number of halogens is 2. The maximum absolute atomic E-state index is 14.3. The molecule has 0 aromatic carbocycles. The summed E-state index contributed by atoms with van der Waals surface area (Å²) in [6.07, 6.45) is 3.34. The summed E-state index contributed by atoms with van der Waals surface area (Å²) in [5.74, 6) is -2.54. The largest absolute Gasteiger partial charge is 0.474 e. The summed E-state index contributed by atoms with van der Waals surface area (Å²) < 4.78 is 35.9. The van der Waals surface area contributed by atoms with Crippen LogP contribution in [-0.2, 0) is 10.7 Å². The van der Waals surface area contributed by atoms with Gasteiger partial charge in [-0.15, -0.1) is 5.10 Å². The quantitative estimate of drug-likeness (QED) is 0.528. The average molecular weight is 501 g/mol. The lowest BCUT2D eigenvalue weighted by atomic mass is 10.1. The summed E-state index contributed by atoms with van der Waals surface area (Å²) >= 11 is 0. The van der Waals surface area contributed by atoms with Crippen molar-refractivity contribution in [2.75, 3.05) is 37.4 Å². The lowest BCUT2D eigenvalue weighted by molar-refractivity contribution is -0.114. The van der Waals surface area contributed by atoms with Crippen molar-refractivity contribution in [3.63, 3.8) is 0 Å². The van der Waals surface area contributed by atoms with Crippen LogP contribution in [0.3, 0.4) is 0 Å². The van der Waals surface area contributed by atoms with Gasteiger partial charge in [-0.1, -0.05) is 6.92 Å². The average Bonchev–Trinajstić information content (AvgIpc) is 3.39. The molecule has 1 saturated carbocycles. The Balaban J connectivity index is 1.66. The van der Waals surface area contributed by atoms with Crippen LogP contribution in [0.4, 0.5) is 20.4 Å². The van der Waals surface area contributed by atoms with Crippen LogP contribution in [0.15, 0.2) is 18.3 Å². The number of amides is 1. The molecule has 1 aliphatic heterocycles. The summed E-state index contributed by atoms with van der Waals surface area (Å²) in [7, 11) is 4.11. The monoisotopic (exact) mass is 500 g/mol. The Hall–Kier alpha value is -3.41. The van der Waals surface area contributed by atoms with Crippen LogP contribution in [0.5, 0.6) is 5.88 Å². The molecule has 3 aromatic rings. The SMILES string of the molecule is CC(=O)Nc1cc2c(cn1)c(N1CC(C)C(N(C)C)C1)nn2-c1cc(OC2CC2)nc(C(C)(F)F)n1. The van der Waals surface area contributed by atoms with E-state index in [1.54, 1.807) is 12.3 Å². The number of nitrogens with zero attached hydrogens (tertiary/aromatic N) is 7. The molecule has 0 bridgehead atoms. The first kappa shape index (κ1) is 24.3. The summed E-state index contributed by atoms with van der Waals surface area (Å²) in [4.78, 5) is 28.5. The fourth-order valence-electron chi connectivity index (χ4n) is 4.58. The maximum atomic E-state index is 14.3. The number of fused-ring (bicyclic) bond motifs is 1. The summed E-state index contributed by atoms with van der Waals surface area (Å²) in [6.45, 7) is 5.87. The van der Waals surface area contributed by atoms with Crippen LogP contribution in [0, 0.1) is 5.92 Å². The van der Waals surface area contributed by atoms with Crippen molar-refractivity contribution in [3.8, 4) is 11.7 Å². The molecule has 1 aliphatic carbocycles. The molecule has 192 valence electrons. The molecule has 2 atom stereocenters. The first-order valence-corrected chi connectivity index (χ1v) is 12.0. The van der Waals surface area contributed by atoms with E-state index < -0.39 is 11.7 Å². The molecule has 0 spiro atoms. The molecule has 10 nitrogen and oxygen atoms in total. The van der Waals surface area contributed by atoms with Gasteiger partial charge in [-0.3, -0.25) is 4.79 Å². The number of pyridine rings is 1. The molecule has 1 N–H and O–H groups in total. The van der Waals surface area contributed by atoms with Gasteiger partial charge in [0.15, 0.2) is 11.6 Å². The fourth-order valence-corrected chi connectivity index (χ4v) is 4.58. The Morgan fingerprint density at radius 2 is 1.97 bits per heavy atom. The fraction of sp³-hybridized carbons (Fsp3) is 0.542. The third-order valence-electron chi connectivity index (χ3n) is 6.50. The van der Waals surface area contributed by atoms with E-state index in [1.165, 1.54) is 17.7 Å². The van der Waals surface area contributed by atoms with Crippen molar-refractivity contribution in [3.05, 3.63) is 24.2 Å². The van der Waals surface area contributed by atoms with Crippen molar-refractivity contribution in [1.29, 1.82) is 0 Å². The third-order valence-corrected chi connectivity index (χ3v) is 6.50. The molecule has 4 heterocycles. The van der Waals surface area contributed by atoms with Crippen molar-refractivity contribution in [2.45, 2.75) is 51.7 Å². The summed E-state index contributed by atoms with van der Waals surface area (Å²) in [6, 6.07) is 3.53. The smallest absolute Gasteiger partial charge is 0.304 e. The van der Waals surface area contributed by atoms with Gasteiger partial charge in [-0.2, -0.15) is 13.8 Å². The van der Waals surface area contributed by atoms with E-state index >= 15 is 0 Å². The van der Waals surface area contributed by atoms with Crippen LogP contribution >= 0.6 is 0 Å². The molecular weight excluding hydrogens is 470 g/mol. The number of alkyl halides is 2. The first-order chi connectivity index (χ1) is 17.0. The van der Waals surface area contributed by atoms with Crippen molar-refractivity contribution >= 4 is 28.4 Å². The van der Waals surface area contributed by atoms with E-state index in [-0.39, 0.29) is 23.7 Å². The zero-order valence-electron chi connectivity index (χ0n) is 21.0. The Morgan fingerprint density at radius 3 is 2.58 bits per heavy atom. The Bertz CT molecular complexity index is 1300. The van der Waals surface area contributed by atoms with Gasteiger partial charge in [-0.25, -0.2) is 14.6 Å². The van der Waals surface area contributed by atoms with Gasteiger partial charge in [-0.05, 0) is 32.9 Å². The van der Waals surface area contributed by atoms with Gasteiger partial charge in [0.2, 0.25) is 17.6 Å². The third kappa shape index (κ3) is 4.81. The highest BCUT2D eigenvalue weighted by molar-refractivity contribution is 5.95. The molecule has 5 rings (SSSR count). The van der Waals surface area contributed by atoms with E-state index in [0.717, 1.165) is 38.2 Å². The molecule has 36 heavy (non-hydrogen) atoms. The van der Waals surface area contributed by atoms with Gasteiger partial charge in [0.1, 0.15) is 11.9 Å². The second kappa shape index (κ2) is 8.91. The Labute approximate surface area is 207 Å². The number of rotatable bonds is 7. The number of carbonyl (C=O) groups excluding carboxylic acids is 1. The van der Waals surface area contributed by atoms with Gasteiger partial charge in [0, 0.05) is 51.3 Å². The number of ether oxygens (including phenoxy) is 1. The number of hydrogen-bond donors (Lipinski definition) is 1. The highest BCUT2D eigenvalue weighted by Gasteiger charge is 2.35. The molecule has 1 saturated heterocycles. The second-order valence-corrected chi connectivity index (χ2v) is 10.0. The number of hydrogen-bond acceptors (Lipinski definition) is 8. The minimum atomic E-state index is -3.27. The highest BCUT2D eigenvalue weighted by atomic mass is 19.3. The lowest BCUT2D eigenvalue weighted by Crippen LogP contribution is -2.34. The Morgan fingerprint density at radius 1 is 1.22 bits per heavy atom. The topological polar surface area (TPSA) is 101 Å². The minimum absolute atomic E-state index is 0.0272. The number of likely N-dealkylation sites (N-methyl/N-ethyl adjacent to an activating group) is 1. The van der Waals surface area contributed by atoms with Crippen molar-refractivity contribution < 1.29 is 18.3 Å². The molecule has 2 aliphatic rings. The minimum Gasteiger partial charge on any atom is -0.474 e. The first-order valence-electron chi connectivity index (χ1n) is 12.0. The standard InChI is InChI=1S/C24H30F2N8O2/c1-13-11-33(12-18(13)32(4)5)22-16-10-27-19(28-14(2)35)8-17(16)34(31-22)20-9-21(36-15-6-7-15)30-23(29-20)24(3,25)26/h8-10,13,15,18H,6-7,11-12H2,1-5H3,(H,27,28,35). The van der Waals surface area contributed by atoms with Crippen LogP contribution in [-0.4, -0.2) is 74.9 Å². The van der Waals surface area contributed by atoms with E-state index in [2.05, 4.69) is 51.1 Å². The zero-order valence-corrected chi connectivity index (χ0v) is 21.0. The zero-order chi connectivity index (χ0) is 25.8. The van der Waals surface area contributed by atoms with Gasteiger partial charge >= 0.3 is 5.92 Å². The maximum Gasteiger partial charge on any atom is 0.304 e.